The van der Waals surface area contributed by atoms with Gasteiger partial charge in [-0.1, -0.05) is 65.7 Å². The van der Waals surface area contributed by atoms with E-state index in [1.807, 2.05) is 0 Å². The Morgan fingerprint density at radius 3 is 2.00 bits per heavy atom. The lowest BCUT2D eigenvalue weighted by Gasteiger charge is -2.18. The molecule has 0 unspecified atom stereocenters. The molecular weight excluding hydrogens is 681 g/mol. The third-order valence-corrected chi connectivity index (χ3v) is 8.31. The summed E-state index contributed by atoms with van der Waals surface area (Å²) in [5, 5.41) is 4.97. The summed E-state index contributed by atoms with van der Waals surface area (Å²) in [5.74, 6) is -0.182. The number of amides is 1. The third kappa shape index (κ3) is 8.11. The summed E-state index contributed by atoms with van der Waals surface area (Å²) in [5.41, 5.74) is -1.40. The molecule has 0 aliphatic heterocycles. The number of carbonyl (C=O) groups is 1. The molecular formula is C34H26Cl2F6N4O2. The molecule has 5 rings (SSSR count). The molecule has 48 heavy (non-hydrogen) atoms. The summed E-state index contributed by atoms with van der Waals surface area (Å²) >= 11 is 12.0. The number of hydrogen-bond donors (Lipinski definition) is 0. The average molecular weight is 708 g/mol. The molecule has 0 bridgehead atoms. The zero-order valence-electron chi connectivity index (χ0n) is 25.1. The molecule has 6 nitrogen and oxygen atoms in total. The van der Waals surface area contributed by atoms with Crippen LogP contribution in [0.2, 0.25) is 10.0 Å². The van der Waals surface area contributed by atoms with Crippen molar-refractivity contribution in [2.24, 2.45) is 0 Å². The Balaban J connectivity index is 1.44. The maximum atomic E-state index is 13.6. The van der Waals surface area contributed by atoms with Crippen molar-refractivity contribution in [3.63, 3.8) is 0 Å². The Morgan fingerprint density at radius 1 is 0.729 bits per heavy atom. The van der Waals surface area contributed by atoms with Gasteiger partial charge in [0.15, 0.2) is 0 Å². The van der Waals surface area contributed by atoms with Gasteiger partial charge in [-0.05, 0) is 71.6 Å². The quantitative estimate of drug-likeness (QED) is 0.144. The second-order valence-corrected chi connectivity index (χ2v) is 11.8. The normalized spacial score (nSPS) is 11.9. The third-order valence-electron chi connectivity index (χ3n) is 7.57. The van der Waals surface area contributed by atoms with Gasteiger partial charge in [0.2, 0.25) is 0 Å². The number of aryl methyl sites for hydroxylation is 2. The Kier molecular flexibility index (Phi) is 10.1. The largest absolute Gasteiger partial charge is 0.416 e. The topological polar surface area (TPSA) is 60.1 Å². The van der Waals surface area contributed by atoms with Crippen LogP contribution >= 0.6 is 23.2 Å². The van der Waals surface area contributed by atoms with Gasteiger partial charge < -0.3 is 4.90 Å². The lowest BCUT2D eigenvalue weighted by molar-refractivity contribution is -0.143. The second-order valence-electron chi connectivity index (χ2n) is 11.0. The van der Waals surface area contributed by atoms with Crippen molar-refractivity contribution in [2.45, 2.75) is 38.3 Å². The number of carbonyl (C=O) groups excluding carboxylic acids is 1. The van der Waals surface area contributed by atoms with Crippen molar-refractivity contribution in [3.8, 4) is 0 Å². The first kappa shape index (κ1) is 34.8. The van der Waals surface area contributed by atoms with Gasteiger partial charge in [-0.25, -0.2) is 9.48 Å². The highest BCUT2D eigenvalue weighted by Gasteiger charge is 2.37. The standard InChI is InChI=1S/C34H26Cl2F6N4O2/c1-44(31(47)24-11-12-28(35)29(36)17-24)27-9-5-8-23(16-27)20-46-32(48)45(19-21-6-3-2-4-7-21)30(43-46)13-10-22-14-25(33(37,38)39)18-26(15-22)34(40,41)42/h2-9,11-12,14-18H,10,13,19-20H2,1H3. The van der Waals surface area contributed by atoms with Gasteiger partial charge in [0.05, 0.1) is 34.3 Å². The maximum Gasteiger partial charge on any atom is 0.416 e. The first-order chi connectivity index (χ1) is 22.6. The van der Waals surface area contributed by atoms with Crippen LogP contribution in [0.3, 0.4) is 0 Å². The van der Waals surface area contributed by atoms with Crippen molar-refractivity contribution in [1.29, 1.82) is 0 Å². The highest BCUT2D eigenvalue weighted by Crippen LogP contribution is 2.36. The van der Waals surface area contributed by atoms with Gasteiger partial charge in [0.25, 0.3) is 5.91 Å². The minimum absolute atomic E-state index is 0.0297. The van der Waals surface area contributed by atoms with Crippen molar-refractivity contribution < 1.29 is 31.1 Å². The average Bonchev–Trinajstić information content (AvgIpc) is 3.33. The van der Waals surface area contributed by atoms with E-state index in [2.05, 4.69) is 5.10 Å². The van der Waals surface area contributed by atoms with Crippen LogP contribution in [0, 0.1) is 0 Å². The van der Waals surface area contributed by atoms with Crippen LogP contribution in [-0.4, -0.2) is 27.3 Å². The molecule has 0 N–H and O–H groups in total. The molecule has 0 saturated heterocycles. The molecule has 0 radical (unpaired) electrons. The van der Waals surface area contributed by atoms with Gasteiger partial charge in [0.1, 0.15) is 5.82 Å². The van der Waals surface area contributed by atoms with Gasteiger partial charge in [0, 0.05) is 24.7 Å². The predicted octanol–water partition coefficient (Wildman–Crippen LogP) is 8.55. The number of nitrogens with zero attached hydrogens (tertiary/aromatic N) is 4. The van der Waals surface area contributed by atoms with Gasteiger partial charge in [-0.2, -0.15) is 31.4 Å². The van der Waals surface area contributed by atoms with Crippen molar-refractivity contribution in [1.82, 2.24) is 14.3 Å². The van der Waals surface area contributed by atoms with Gasteiger partial charge in [-0.15, -0.1) is 0 Å². The summed E-state index contributed by atoms with van der Waals surface area (Å²) in [4.78, 5) is 28.2. The number of anilines is 1. The molecule has 0 spiro atoms. The van der Waals surface area contributed by atoms with E-state index in [4.69, 9.17) is 23.2 Å². The first-order valence-corrected chi connectivity index (χ1v) is 15.2. The SMILES string of the molecule is CN(C(=O)c1ccc(Cl)c(Cl)c1)c1cccc(Cn2nc(CCc3cc(C(F)(F)F)cc(C(F)(F)F)c3)n(Cc3ccccc3)c2=O)c1. The van der Waals surface area contributed by atoms with E-state index in [0.29, 0.717) is 34.0 Å². The van der Waals surface area contributed by atoms with Crippen LogP contribution in [0.5, 0.6) is 0 Å². The molecule has 14 heteroatoms. The zero-order chi connectivity index (χ0) is 34.8. The minimum atomic E-state index is -4.98. The summed E-state index contributed by atoms with van der Waals surface area (Å²) in [7, 11) is 1.57. The molecule has 0 saturated carbocycles. The monoisotopic (exact) mass is 706 g/mol. The smallest absolute Gasteiger partial charge is 0.311 e. The van der Waals surface area contributed by atoms with E-state index >= 15 is 0 Å². The van der Waals surface area contributed by atoms with E-state index in [-0.39, 0.29) is 54.3 Å². The number of hydrogen-bond acceptors (Lipinski definition) is 3. The molecule has 5 aromatic rings. The molecule has 4 aromatic carbocycles. The Morgan fingerprint density at radius 2 is 1.38 bits per heavy atom. The fourth-order valence-corrected chi connectivity index (χ4v) is 5.39. The maximum absolute atomic E-state index is 13.6. The molecule has 0 fully saturated rings. The van der Waals surface area contributed by atoms with Crippen LogP contribution < -0.4 is 10.6 Å². The van der Waals surface area contributed by atoms with E-state index in [1.165, 1.54) is 26.3 Å². The van der Waals surface area contributed by atoms with Crippen molar-refractivity contribution >= 4 is 34.8 Å². The lowest BCUT2D eigenvalue weighted by Crippen LogP contribution is -2.27. The zero-order valence-corrected chi connectivity index (χ0v) is 26.6. The highest BCUT2D eigenvalue weighted by molar-refractivity contribution is 6.42. The lowest BCUT2D eigenvalue weighted by atomic mass is 10.0. The molecule has 0 aliphatic carbocycles. The van der Waals surface area contributed by atoms with Crippen LogP contribution in [0.4, 0.5) is 32.0 Å². The van der Waals surface area contributed by atoms with Gasteiger partial charge in [-0.3, -0.25) is 9.36 Å². The molecule has 1 heterocycles. The number of benzene rings is 4. The van der Waals surface area contributed by atoms with Crippen molar-refractivity contribution in [2.75, 3.05) is 11.9 Å². The number of alkyl halides is 6. The van der Waals surface area contributed by atoms with Crippen LogP contribution in [0.15, 0.2) is 95.8 Å². The first-order valence-electron chi connectivity index (χ1n) is 14.4. The summed E-state index contributed by atoms with van der Waals surface area (Å²) in [6, 6.07) is 21.6. The number of halogens is 8. The highest BCUT2D eigenvalue weighted by atomic mass is 35.5. The minimum Gasteiger partial charge on any atom is -0.311 e. The molecule has 0 aliphatic rings. The van der Waals surface area contributed by atoms with Crippen LogP contribution in [0.25, 0.3) is 0 Å². The van der Waals surface area contributed by atoms with Crippen LogP contribution in [-0.2, 0) is 38.3 Å². The Labute approximate surface area is 280 Å². The Bertz CT molecular complexity index is 1970. The number of rotatable bonds is 9. The molecule has 0 atom stereocenters. The molecule has 1 amide bonds. The van der Waals surface area contributed by atoms with Crippen LogP contribution in [0.1, 0.15) is 44.0 Å². The van der Waals surface area contributed by atoms with E-state index in [1.54, 1.807) is 67.7 Å². The summed E-state index contributed by atoms with van der Waals surface area (Å²) in [6.45, 7) is 0.0460. The summed E-state index contributed by atoms with van der Waals surface area (Å²) < 4.78 is 83.2. The van der Waals surface area contributed by atoms with Gasteiger partial charge >= 0.3 is 18.0 Å². The Hall–Kier alpha value is -4.55. The predicted molar refractivity (Wildman–Crippen MR) is 171 cm³/mol. The van der Waals surface area contributed by atoms with E-state index < -0.39 is 29.2 Å². The fraction of sp³-hybridized carbons (Fsp3) is 0.206. The van der Waals surface area contributed by atoms with E-state index in [9.17, 15) is 35.9 Å². The molecule has 1 aromatic heterocycles. The van der Waals surface area contributed by atoms with Crippen molar-refractivity contribution in [3.05, 3.63) is 151 Å². The second kappa shape index (κ2) is 13.9. The molecule has 250 valence electrons. The van der Waals surface area contributed by atoms with E-state index in [0.717, 1.165) is 5.56 Å². The summed E-state index contributed by atoms with van der Waals surface area (Å²) in [6.07, 6.45) is -10.3. The number of aromatic nitrogens is 3. The fourth-order valence-electron chi connectivity index (χ4n) is 5.09.